The first-order chi connectivity index (χ1) is 11.1. The maximum Gasteiger partial charge on any atom is 0.593 e. The number of hydrogen-bond acceptors (Lipinski definition) is 3. The lowest BCUT2D eigenvalue weighted by Crippen LogP contribution is -2.13. The smallest absolute Gasteiger partial charge is 0.294 e. The minimum Gasteiger partial charge on any atom is -0.294 e. The van der Waals surface area contributed by atoms with Crippen molar-refractivity contribution in [3.8, 4) is 0 Å². The first-order valence-electron chi connectivity index (χ1n) is 6.39. The molecule has 0 aliphatic rings. The average Bonchev–Trinajstić information content (AvgIpc) is 2.44. The SMILES string of the molecule is FC(F)(F)O/N=C(\Cc1cc(Cl)cc(Cl)c1)c1ccc(S)c(Br)c1. The van der Waals surface area contributed by atoms with Crippen LogP contribution in [-0.4, -0.2) is 12.1 Å². The molecular weight excluding hydrogens is 450 g/mol. The molecule has 0 bridgehead atoms. The Kier molecular flexibility index (Phi) is 6.47. The minimum atomic E-state index is -4.88. The van der Waals surface area contributed by atoms with Crippen molar-refractivity contribution in [1.29, 1.82) is 0 Å². The summed E-state index contributed by atoms with van der Waals surface area (Å²) in [6.07, 6.45) is -4.83. The van der Waals surface area contributed by atoms with Crippen molar-refractivity contribution >= 4 is 57.5 Å². The van der Waals surface area contributed by atoms with E-state index in [9.17, 15) is 13.2 Å². The Hall–Kier alpha value is -0.890. The lowest BCUT2D eigenvalue weighted by Gasteiger charge is -2.10. The highest BCUT2D eigenvalue weighted by molar-refractivity contribution is 9.10. The summed E-state index contributed by atoms with van der Waals surface area (Å²) >= 11 is 19.3. The zero-order chi connectivity index (χ0) is 17.9. The number of alkyl halides is 3. The lowest BCUT2D eigenvalue weighted by atomic mass is 10.0. The predicted molar refractivity (Wildman–Crippen MR) is 95.2 cm³/mol. The van der Waals surface area contributed by atoms with Crippen LogP contribution in [-0.2, 0) is 11.3 Å². The van der Waals surface area contributed by atoms with Crippen LogP contribution >= 0.6 is 51.8 Å². The number of rotatable bonds is 4. The largest absolute Gasteiger partial charge is 0.593 e. The second-order valence-corrected chi connectivity index (χ2v) is 6.90. The van der Waals surface area contributed by atoms with Crippen LogP contribution in [0.15, 0.2) is 50.9 Å². The van der Waals surface area contributed by atoms with Crippen LogP contribution < -0.4 is 0 Å². The normalized spacial score (nSPS) is 12.4. The van der Waals surface area contributed by atoms with Gasteiger partial charge in [0.25, 0.3) is 0 Å². The molecule has 0 aliphatic heterocycles. The summed E-state index contributed by atoms with van der Waals surface area (Å²) in [6.45, 7) is 0. The molecule has 2 nitrogen and oxygen atoms in total. The quantitative estimate of drug-likeness (QED) is 0.314. The van der Waals surface area contributed by atoms with Crippen LogP contribution in [0, 0.1) is 0 Å². The fourth-order valence-corrected chi connectivity index (χ4v) is 2.98. The Balaban J connectivity index is 2.40. The molecule has 0 unspecified atom stereocenters. The van der Waals surface area contributed by atoms with Gasteiger partial charge in [0.2, 0.25) is 0 Å². The zero-order valence-corrected chi connectivity index (χ0v) is 15.7. The highest BCUT2D eigenvalue weighted by Gasteiger charge is 2.31. The predicted octanol–water partition coefficient (Wildman–Crippen LogP) is 6.53. The molecule has 0 aliphatic carbocycles. The molecule has 2 aromatic rings. The van der Waals surface area contributed by atoms with Gasteiger partial charge in [-0.15, -0.1) is 25.8 Å². The van der Waals surface area contributed by atoms with Crippen LogP contribution in [0.5, 0.6) is 0 Å². The van der Waals surface area contributed by atoms with Crippen LogP contribution in [0.3, 0.4) is 0 Å². The molecule has 0 saturated carbocycles. The van der Waals surface area contributed by atoms with Crippen LogP contribution in [0.4, 0.5) is 13.2 Å². The van der Waals surface area contributed by atoms with Gasteiger partial charge in [-0.3, -0.25) is 4.84 Å². The van der Waals surface area contributed by atoms with E-state index in [1.807, 2.05) is 0 Å². The second-order valence-electron chi connectivity index (χ2n) is 4.70. The van der Waals surface area contributed by atoms with Gasteiger partial charge < -0.3 is 0 Å². The maximum atomic E-state index is 12.3. The molecule has 2 aromatic carbocycles. The monoisotopic (exact) mass is 457 g/mol. The highest BCUT2D eigenvalue weighted by atomic mass is 79.9. The van der Waals surface area contributed by atoms with Gasteiger partial charge in [-0.2, -0.15) is 0 Å². The molecule has 24 heavy (non-hydrogen) atoms. The van der Waals surface area contributed by atoms with Crippen LogP contribution in [0.1, 0.15) is 11.1 Å². The number of benzene rings is 2. The number of oxime groups is 1. The summed E-state index contributed by atoms with van der Waals surface area (Å²) in [4.78, 5) is 4.28. The number of halogens is 6. The summed E-state index contributed by atoms with van der Waals surface area (Å²) in [5.74, 6) is 0. The van der Waals surface area contributed by atoms with E-state index >= 15 is 0 Å². The minimum absolute atomic E-state index is 0.0503. The van der Waals surface area contributed by atoms with Crippen molar-refractivity contribution in [3.05, 3.63) is 62.0 Å². The third-order valence-electron chi connectivity index (χ3n) is 2.83. The highest BCUT2D eigenvalue weighted by Crippen LogP contribution is 2.25. The van der Waals surface area contributed by atoms with Crippen molar-refractivity contribution in [2.45, 2.75) is 17.7 Å². The molecule has 0 fully saturated rings. The third-order valence-corrected chi connectivity index (χ3v) is 4.62. The Bertz CT molecular complexity index is 764. The van der Waals surface area contributed by atoms with Gasteiger partial charge in [-0.1, -0.05) is 34.4 Å². The molecule has 0 radical (unpaired) electrons. The van der Waals surface area contributed by atoms with Crippen LogP contribution in [0.2, 0.25) is 10.0 Å². The van der Waals surface area contributed by atoms with Crippen LogP contribution in [0.25, 0.3) is 0 Å². The molecule has 0 amide bonds. The average molecular weight is 459 g/mol. The standard InChI is InChI=1S/C15H9BrCl2F3NOS/c16-12-6-9(1-2-14(12)24)13(22-23-15(19,20)21)5-8-3-10(17)7-11(18)4-8/h1-4,6-7,24H,5H2/b22-13+. The van der Waals surface area contributed by atoms with Gasteiger partial charge in [0.05, 0.1) is 5.71 Å². The van der Waals surface area contributed by atoms with Crippen molar-refractivity contribution in [2.24, 2.45) is 5.16 Å². The molecule has 2 rings (SSSR count). The third kappa shape index (κ3) is 5.88. The van der Waals surface area contributed by atoms with Gasteiger partial charge in [-0.25, -0.2) is 0 Å². The van der Waals surface area contributed by atoms with Gasteiger partial charge >= 0.3 is 6.36 Å². The number of nitrogens with zero attached hydrogens (tertiary/aromatic N) is 1. The fraction of sp³-hybridized carbons (Fsp3) is 0.133. The van der Waals surface area contributed by atoms with Gasteiger partial charge in [0, 0.05) is 31.4 Å². The number of hydrogen-bond donors (Lipinski definition) is 1. The van der Waals surface area contributed by atoms with Crippen molar-refractivity contribution < 1.29 is 18.0 Å². The van der Waals surface area contributed by atoms with E-state index in [0.717, 1.165) is 0 Å². The molecule has 0 saturated heterocycles. The van der Waals surface area contributed by atoms with Crippen molar-refractivity contribution in [2.75, 3.05) is 0 Å². The Morgan fingerprint density at radius 2 is 1.75 bits per heavy atom. The molecule has 0 heterocycles. The first kappa shape index (κ1) is 19.4. The zero-order valence-electron chi connectivity index (χ0n) is 11.7. The molecular formula is C15H9BrCl2F3NOS. The topological polar surface area (TPSA) is 21.6 Å². The summed E-state index contributed by atoms with van der Waals surface area (Å²) in [6, 6.07) is 9.56. The first-order valence-corrected chi connectivity index (χ1v) is 8.39. The fourth-order valence-electron chi connectivity index (χ4n) is 1.89. The summed E-state index contributed by atoms with van der Waals surface area (Å²) in [5, 5.41) is 4.00. The van der Waals surface area contributed by atoms with E-state index in [2.05, 4.69) is 38.6 Å². The van der Waals surface area contributed by atoms with Crippen molar-refractivity contribution in [3.63, 3.8) is 0 Å². The van der Waals surface area contributed by atoms with Gasteiger partial charge in [0.15, 0.2) is 0 Å². The molecule has 0 spiro atoms. The van der Waals surface area contributed by atoms with E-state index in [-0.39, 0.29) is 12.1 Å². The van der Waals surface area contributed by atoms with E-state index in [4.69, 9.17) is 23.2 Å². The summed E-state index contributed by atoms with van der Waals surface area (Å²) in [7, 11) is 0. The molecule has 0 atom stereocenters. The van der Waals surface area contributed by atoms with E-state index < -0.39 is 6.36 Å². The summed E-state index contributed by atoms with van der Waals surface area (Å²) < 4.78 is 37.7. The molecule has 9 heteroatoms. The lowest BCUT2D eigenvalue weighted by molar-refractivity contribution is -0.325. The maximum absolute atomic E-state index is 12.3. The van der Waals surface area contributed by atoms with E-state index in [1.165, 1.54) is 6.07 Å². The molecule has 0 aromatic heterocycles. The van der Waals surface area contributed by atoms with E-state index in [1.54, 1.807) is 30.3 Å². The number of thiol groups is 1. The summed E-state index contributed by atoms with van der Waals surface area (Å²) in [5.41, 5.74) is 1.11. The Morgan fingerprint density at radius 3 is 2.29 bits per heavy atom. The second kappa shape index (κ2) is 7.99. The van der Waals surface area contributed by atoms with E-state index in [0.29, 0.717) is 30.5 Å². The van der Waals surface area contributed by atoms with Crippen molar-refractivity contribution in [1.82, 2.24) is 0 Å². The molecule has 128 valence electrons. The Labute approximate surface area is 160 Å². The molecule has 0 N–H and O–H groups in total. The Morgan fingerprint density at radius 1 is 1.12 bits per heavy atom. The van der Waals surface area contributed by atoms with Gasteiger partial charge in [0.1, 0.15) is 0 Å². The van der Waals surface area contributed by atoms with Gasteiger partial charge in [-0.05, 0) is 51.8 Å².